The quantitative estimate of drug-likeness (QED) is 0.475. The first-order chi connectivity index (χ1) is 15.3. The maximum atomic E-state index is 12.8. The van der Waals surface area contributed by atoms with Crippen molar-refractivity contribution in [3.63, 3.8) is 0 Å². The van der Waals surface area contributed by atoms with Crippen LogP contribution in [0, 0.1) is 20.8 Å². The maximum Gasteiger partial charge on any atom is 0.252 e. The Morgan fingerprint density at radius 2 is 1.81 bits per heavy atom. The molecule has 0 saturated carbocycles. The molecule has 0 aliphatic heterocycles. The summed E-state index contributed by atoms with van der Waals surface area (Å²) in [5.41, 5.74) is 4.47. The van der Waals surface area contributed by atoms with Gasteiger partial charge in [0.25, 0.3) is 5.95 Å². The van der Waals surface area contributed by atoms with E-state index in [2.05, 4.69) is 33.4 Å². The second-order valence-electron chi connectivity index (χ2n) is 8.11. The van der Waals surface area contributed by atoms with E-state index < -0.39 is 0 Å². The van der Waals surface area contributed by atoms with E-state index in [-0.39, 0.29) is 12.5 Å². The standard InChI is InChI=1S/C24H28N6O2/c1-6-20-19(18-9-7-8-10-21(18)32-20)13-29(5)14-23(31)27-22-12-17(4)28-30(22)24-25-15(2)11-16(3)26-24/h7-12H,6,13-14H2,1-5H3,(H,27,31). The second kappa shape index (κ2) is 8.92. The Morgan fingerprint density at radius 3 is 2.53 bits per heavy atom. The largest absolute Gasteiger partial charge is 0.461 e. The number of benzene rings is 1. The summed E-state index contributed by atoms with van der Waals surface area (Å²) < 4.78 is 7.56. The number of hydrogen-bond donors (Lipinski definition) is 1. The fourth-order valence-corrected chi connectivity index (χ4v) is 3.90. The minimum atomic E-state index is -0.135. The van der Waals surface area contributed by atoms with Crippen molar-refractivity contribution in [2.45, 2.75) is 40.7 Å². The van der Waals surface area contributed by atoms with E-state index in [0.717, 1.165) is 45.8 Å². The fourth-order valence-electron chi connectivity index (χ4n) is 3.90. The summed E-state index contributed by atoms with van der Waals surface area (Å²) >= 11 is 0. The molecule has 4 rings (SSSR count). The van der Waals surface area contributed by atoms with Crippen LogP contribution in [0.25, 0.3) is 16.9 Å². The van der Waals surface area contributed by atoms with Gasteiger partial charge >= 0.3 is 0 Å². The molecule has 1 N–H and O–H groups in total. The normalized spacial score (nSPS) is 11.4. The number of aryl methyl sites for hydroxylation is 4. The van der Waals surface area contributed by atoms with Crippen LogP contribution < -0.4 is 5.32 Å². The predicted octanol–water partition coefficient (Wildman–Crippen LogP) is 3.97. The lowest BCUT2D eigenvalue weighted by Crippen LogP contribution is -2.30. The molecular formula is C24H28N6O2. The number of nitrogens with one attached hydrogen (secondary N) is 1. The number of amides is 1. The summed E-state index contributed by atoms with van der Waals surface area (Å²) in [4.78, 5) is 23.7. The van der Waals surface area contributed by atoms with Gasteiger partial charge in [0.05, 0.1) is 12.2 Å². The van der Waals surface area contributed by atoms with E-state index in [9.17, 15) is 4.79 Å². The van der Waals surface area contributed by atoms with Gasteiger partial charge in [0.2, 0.25) is 5.91 Å². The molecule has 1 amide bonds. The van der Waals surface area contributed by atoms with Gasteiger partial charge in [-0.05, 0) is 40.0 Å². The van der Waals surface area contributed by atoms with Crippen LogP contribution in [0.15, 0.2) is 40.8 Å². The van der Waals surface area contributed by atoms with Gasteiger partial charge in [-0.15, -0.1) is 0 Å². The smallest absolute Gasteiger partial charge is 0.252 e. The van der Waals surface area contributed by atoms with Crippen LogP contribution >= 0.6 is 0 Å². The number of para-hydroxylation sites is 1. The van der Waals surface area contributed by atoms with Crippen LogP contribution in [0.3, 0.4) is 0 Å². The van der Waals surface area contributed by atoms with Gasteiger partial charge < -0.3 is 9.73 Å². The Hall–Kier alpha value is -3.52. The van der Waals surface area contributed by atoms with Crippen molar-refractivity contribution < 1.29 is 9.21 Å². The van der Waals surface area contributed by atoms with Crippen LogP contribution in [0.5, 0.6) is 0 Å². The topological polar surface area (TPSA) is 89.1 Å². The first kappa shape index (κ1) is 21.7. The molecule has 8 nitrogen and oxygen atoms in total. The molecule has 0 atom stereocenters. The molecule has 0 fully saturated rings. The molecule has 0 unspecified atom stereocenters. The highest BCUT2D eigenvalue weighted by Crippen LogP contribution is 2.27. The molecule has 0 aliphatic carbocycles. The number of hydrogen-bond acceptors (Lipinski definition) is 6. The van der Waals surface area contributed by atoms with Gasteiger partial charge in [-0.3, -0.25) is 9.69 Å². The molecule has 166 valence electrons. The average Bonchev–Trinajstić information content (AvgIpc) is 3.27. The second-order valence-corrected chi connectivity index (χ2v) is 8.11. The summed E-state index contributed by atoms with van der Waals surface area (Å²) in [7, 11) is 1.93. The summed E-state index contributed by atoms with van der Waals surface area (Å²) in [5.74, 6) is 1.81. The predicted molar refractivity (Wildman–Crippen MR) is 124 cm³/mol. The zero-order valence-corrected chi connectivity index (χ0v) is 19.1. The van der Waals surface area contributed by atoms with Crippen LogP contribution in [0.1, 0.15) is 35.3 Å². The third kappa shape index (κ3) is 4.55. The van der Waals surface area contributed by atoms with Crippen molar-refractivity contribution in [1.29, 1.82) is 0 Å². The Labute approximate surface area is 187 Å². The number of rotatable bonds is 7. The molecule has 8 heteroatoms. The van der Waals surface area contributed by atoms with E-state index in [1.54, 1.807) is 4.68 Å². The van der Waals surface area contributed by atoms with Crippen LogP contribution in [-0.2, 0) is 17.8 Å². The average molecular weight is 433 g/mol. The summed E-state index contributed by atoms with van der Waals surface area (Å²) in [6.45, 7) is 8.61. The molecule has 0 saturated heterocycles. The molecule has 3 aromatic heterocycles. The molecular weight excluding hydrogens is 404 g/mol. The highest BCUT2D eigenvalue weighted by Gasteiger charge is 2.18. The molecule has 0 aliphatic rings. The van der Waals surface area contributed by atoms with Gasteiger partial charge in [-0.1, -0.05) is 25.1 Å². The van der Waals surface area contributed by atoms with Crippen LogP contribution in [0.2, 0.25) is 0 Å². The van der Waals surface area contributed by atoms with Crippen molar-refractivity contribution in [3.05, 3.63) is 64.8 Å². The van der Waals surface area contributed by atoms with Crippen molar-refractivity contribution in [1.82, 2.24) is 24.6 Å². The Kier molecular flexibility index (Phi) is 6.05. The lowest BCUT2D eigenvalue weighted by molar-refractivity contribution is -0.117. The van der Waals surface area contributed by atoms with E-state index in [4.69, 9.17) is 4.42 Å². The first-order valence-corrected chi connectivity index (χ1v) is 10.7. The van der Waals surface area contributed by atoms with Crippen molar-refractivity contribution in [3.8, 4) is 5.95 Å². The van der Waals surface area contributed by atoms with Gasteiger partial charge in [0.1, 0.15) is 17.2 Å². The molecule has 1 aromatic carbocycles. The summed E-state index contributed by atoms with van der Waals surface area (Å²) in [5, 5.41) is 8.52. The van der Waals surface area contributed by atoms with Crippen molar-refractivity contribution in [2.75, 3.05) is 18.9 Å². The summed E-state index contributed by atoms with van der Waals surface area (Å²) in [6, 6.07) is 11.7. The minimum Gasteiger partial charge on any atom is -0.461 e. The maximum absolute atomic E-state index is 12.8. The SMILES string of the molecule is CCc1oc2ccccc2c1CN(C)CC(=O)Nc1cc(C)nn1-c1nc(C)cc(C)n1. The van der Waals surface area contributed by atoms with Gasteiger partial charge in [-0.25, -0.2) is 9.97 Å². The Morgan fingerprint density at radius 1 is 1.09 bits per heavy atom. The number of anilines is 1. The molecule has 4 aromatic rings. The lowest BCUT2D eigenvalue weighted by atomic mass is 10.1. The molecule has 0 radical (unpaired) electrons. The molecule has 0 spiro atoms. The highest BCUT2D eigenvalue weighted by molar-refractivity contribution is 5.91. The van der Waals surface area contributed by atoms with E-state index in [1.807, 2.05) is 63.1 Å². The number of carbonyl (C=O) groups is 1. The van der Waals surface area contributed by atoms with Gasteiger partial charge in [0.15, 0.2) is 0 Å². The monoisotopic (exact) mass is 432 g/mol. The zero-order chi connectivity index (χ0) is 22.8. The van der Waals surface area contributed by atoms with E-state index in [1.165, 1.54) is 0 Å². The number of fused-ring (bicyclic) bond motifs is 1. The van der Waals surface area contributed by atoms with Crippen molar-refractivity contribution >= 4 is 22.7 Å². The van der Waals surface area contributed by atoms with Crippen LogP contribution in [-0.4, -0.2) is 44.1 Å². The lowest BCUT2D eigenvalue weighted by Gasteiger charge is -2.17. The van der Waals surface area contributed by atoms with Gasteiger partial charge in [-0.2, -0.15) is 9.78 Å². The molecule has 0 bridgehead atoms. The van der Waals surface area contributed by atoms with Gasteiger partial charge in [0, 0.05) is 41.4 Å². The number of aromatic nitrogens is 4. The summed E-state index contributed by atoms with van der Waals surface area (Å²) in [6.07, 6.45) is 0.804. The fraction of sp³-hybridized carbons (Fsp3) is 0.333. The van der Waals surface area contributed by atoms with E-state index >= 15 is 0 Å². The Bertz CT molecular complexity index is 1250. The zero-order valence-electron chi connectivity index (χ0n) is 19.1. The number of nitrogens with zero attached hydrogens (tertiary/aromatic N) is 5. The number of carbonyl (C=O) groups excluding carboxylic acids is 1. The molecule has 3 heterocycles. The third-order valence-electron chi connectivity index (χ3n) is 5.20. The third-order valence-corrected chi connectivity index (χ3v) is 5.20. The van der Waals surface area contributed by atoms with Crippen molar-refractivity contribution in [2.24, 2.45) is 0 Å². The minimum absolute atomic E-state index is 0.135. The van der Waals surface area contributed by atoms with E-state index in [0.29, 0.717) is 18.3 Å². The van der Waals surface area contributed by atoms with Crippen LogP contribution in [0.4, 0.5) is 5.82 Å². The highest BCUT2D eigenvalue weighted by atomic mass is 16.3. The number of likely N-dealkylation sites (N-methyl/N-ethyl adjacent to an activating group) is 1. The number of furan rings is 1. The molecule has 32 heavy (non-hydrogen) atoms. The Balaban J connectivity index is 1.49. The first-order valence-electron chi connectivity index (χ1n) is 10.7.